The van der Waals surface area contributed by atoms with Crippen molar-refractivity contribution in [2.24, 2.45) is 0 Å². The molecule has 2 rings (SSSR count). The Balaban J connectivity index is 1.79. The molecule has 0 aromatic heterocycles. The van der Waals surface area contributed by atoms with Gasteiger partial charge in [-0.05, 0) is 35.4 Å². The van der Waals surface area contributed by atoms with Gasteiger partial charge in [0, 0.05) is 20.2 Å². The van der Waals surface area contributed by atoms with Gasteiger partial charge in [-0.3, -0.25) is 0 Å². The van der Waals surface area contributed by atoms with Gasteiger partial charge in [0.15, 0.2) is 0 Å². The van der Waals surface area contributed by atoms with Crippen LogP contribution in [0.25, 0.3) is 0 Å². The van der Waals surface area contributed by atoms with Crippen LogP contribution in [0.1, 0.15) is 11.1 Å². The molecule has 0 fully saturated rings. The van der Waals surface area contributed by atoms with Gasteiger partial charge in [-0.15, -0.1) is 0 Å². The minimum Gasteiger partial charge on any atom is -0.508 e. The molecule has 4 heteroatoms. The lowest BCUT2D eigenvalue weighted by atomic mass is 10.2. The zero-order chi connectivity index (χ0) is 14.9. The highest BCUT2D eigenvalue weighted by Gasteiger charge is 1.98. The van der Waals surface area contributed by atoms with Crippen molar-refractivity contribution in [2.75, 3.05) is 20.3 Å². The number of benzene rings is 2. The van der Waals surface area contributed by atoms with Gasteiger partial charge in [0.1, 0.15) is 18.1 Å². The standard InChI is InChI=1S/C17H21NO3/c1-20-10-9-18-12-14-5-7-17(8-6-14)21-13-15-3-2-4-16(19)11-15/h2-8,11,18-19H,9-10,12-13H2,1H3. The van der Waals surface area contributed by atoms with Crippen molar-refractivity contribution < 1.29 is 14.6 Å². The Morgan fingerprint density at radius 3 is 2.57 bits per heavy atom. The molecule has 21 heavy (non-hydrogen) atoms. The maximum Gasteiger partial charge on any atom is 0.119 e. The summed E-state index contributed by atoms with van der Waals surface area (Å²) < 4.78 is 10.7. The van der Waals surface area contributed by atoms with Crippen molar-refractivity contribution in [3.8, 4) is 11.5 Å². The zero-order valence-corrected chi connectivity index (χ0v) is 12.2. The van der Waals surface area contributed by atoms with E-state index in [2.05, 4.69) is 5.32 Å². The van der Waals surface area contributed by atoms with E-state index in [0.29, 0.717) is 13.2 Å². The molecular weight excluding hydrogens is 266 g/mol. The number of aromatic hydroxyl groups is 1. The minimum absolute atomic E-state index is 0.258. The normalized spacial score (nSPS) is 10.5. The smallest absolute Gasteiger partial charge is 0.119 e. The molecule has 0 aliphatic rings. The number of nitrogens with one attached hydrogen (secondary N) is 1. The highest BCUT2D eigenvalue weighted by Crippen LogP contribution is 2.16. The fourth-order valence-electron chi connectivity index (χ4n) is 1.92. The Morgan fingerprint density at radius 2 is 1.86 bits per heavy atom. The molecule has 0 atom stereocenters. The molecular formula is C17H21NO3. The van der Waals surface area contributed by atoms with Crippen molar-refractivity contribution in [1.29, 1.82) is 0 Å². The summed E-state index contributed by atoms with van der Waals surface area (Å²) in [6.45, 7) is 2.81. The van der Waals surface area contributed by atoms with Crippen LogP contribution in [-0.2, 0) is 17.9 Å². The SMILES string of the molecule is COCCNCc1ccc(OCc2cccc(O)c2)cc1. The molecule has 2 aromatic carbocycles. The maximum atomic E-state index is 9.40. The number of rotatable bonds is 8. The zero-order valence-electron chi connectivity index (χ0n) is 12.2. The molecule has 112 valence electrons. The monoisotopic (exact) mass is 287 g/mol. The van der Waals surface area contributed by atoms with E-state index in [9.17, 15) is 5.11 Å². The quantitative estimate of drug-likeness (QED) is 0.733. The van der Waals surface area contributed by atoms with Crippen molar-refractivity contribution >= 4 is 0 Å². The van der Waals surface area contributed by atoms with E-state index >= 15 is 0 Å². The van der Waals surface area contributed by atoms with Crippen LogP contribution in [-0.4, -0.2) is 25.4 Å². The van der Waals surface area contributed by atoms with Gasteiger partial charge in [0.05, 0.1) is 6.61 Å². The fourth-order valence-corrected chi connectivity index (χ4v) is 1.92. The third-order valence-corrected chi connectivity index (χ3v) is 3.05. The van der Waals surface area contributed by atoms with Gasteiger partial charge in [0.2, 0.25) is 0 Å². The van der Waals surface area contributed by atoms with E-state index < -0.39 is 0 Å². The van der Waals surface area contributed by atoms with Gasteiger partial charge in [-0.25, -0.2) is 0 Å². The number of phenols is 1. The molecule has 0 aliphatic carbocycles. The van der Waals surface area contributed by atoms with E-state index in [-0.39, 0.29) is 5.75 Å². The molecule has 2 N–H and O–H groups in total. The third-order valence-electron chi connectivity index (χ3n) is 3.05. The van der Waals surface area contributed by atoms with Gasteiger partial charge < -0.3 is 19.9 Å². The van der Waals surface area contributed by atoms with E-state index in [4.69, 9.17) is 9.47 Å². The second-order valence-electron chi connectivity index (χ2n) is 4.77. The van der Waals surface area contributed by atoms with Crippen molar-refractivity contribution in [3.63, 3.8) is 0 Å². The molecule has 0 saturated carbocycles. The second kappa shape index (κ2) is 8.29. The van der Waals surface area contributed by atoms with Gasteiger partial charge in [0.25, 0.3) is 0 Å². The average Bonchev–Trinajstić information content (AvgIpc) is 2.51. The van der Waals surface area contributed by atoms with Gasteiger partial charge in [-0.1, -0.05) is 24.3 Å². The molecule has 0 amide bonds. The summed E-state index contributed by atoms with van der Waals surface area (Å²) in [4.78, 5) is 0. The number of ether oxygens (including phenoxy) is 2. The summed E-state index contributed by atoms with van der Waals surface area (Å²) in [6, 6.07) is 15.1. The number of phenolic OH excluding ortho intramolecular Hbond substituents is 1. The second-order valence-corrected chi connectivity index (χ2v) is 4.77. The number of methoxy groups -OCH3 is 1. The third kappa shape index (κ3) is 5.45. The van der Waals surface area contributed by atoms with Gasteiger partial charge in [-0.2, -0.15) is 0 Å². The van der Waals surface area contributed by atoms with Crippen LogP contribution in [0.5, 0.6) is 11.5 Å². The molecule has 0 unspecified atom stereocenters. The molecule has 4 nitrogen and oxygen atoms in total. The number of hydrogen-bond acceptors (Lipinski definition) is 4. The first-order valence-corrected chi connectivity index (χ1v) is 6.97. The average molecular weight is 287 g/mol. The predicted molar refractivity (Wildman–Crippen MR) is 82.5 cm³/mol. The summed E-state index contributed by atoms with van der Waals surface area (Å²) in [5.41, 5.74) is 2.15. The Morgan fingerprint density at radius 1 is 1.05 bits per heavy atom. The highest BCUT2D eigenvalue weighted by molar-refractivity contribution is 5.29. The number of hydrogen-bond donors (Lipinski definition) is 2. The fraction of sp³-hybridized carbons (Fsp3) is 0.294. The van der Waals surface area contributed by atoms with Crippen LogP contribution < -0.4 is 10.1 Å². The molecule has 0 aliphatic heterocycles. The summed E-state index contributed by atoms with van der Waals surface area (Å²) in [5.74, 6) is 1.08. The van der Waals surface area contributed by atoms with Crippen molar-refractivity contribution in [2.45, 2.75) is 13.2 Å². The lowest BCUT2D eigenvalue weighted by Gasteiger charge is -2.08. The van der Waals surface area contributed by atoms with Crippen molar-refractivity contribution in [1.82, 2.24) is 5.32 Å². The summed E-state index contributed by atoms with van der Waals surface area (Å²) >= 11 is 0. The molecule has 2 aromatic rings. The molecule has 0 spiro atoms. The van der Waals surface area contributed by atoms with Crippen LogP contribution in [0.3, 0.4) is 0 Å². The summed E-state index contributed by atoms with van der Waals surface area (Å²) in [7, 11) is 1.69. The predicted octanol–water partition coefficient (Wildman–Crippen LogP) is 2.71. The molecule has 0 saturated heterocycles. The van der Waals surface area contributed by atoms with E-state index in [0.717, 1.165) is 24.4 Å². The Kier molecular flexibility index (Phi) is 6.06. The van der Waals surface area contributed by atoms with E-state index in [1.165, 1.54) is 5.56 Å². The maximum absolute atomic E-state index is 9.40. The summed E-state index contributed by atoms with van der Waals surface area (Å²) in [5, 5.41) is 12.7. The largest absolute Gasteiger partial charge is 0.508 e. The van der Waals surface area contributed by atoms with Crippen LogP contribution in [0.4, 0.5) is 0 Å². The first kappa shape index (κ1) is 15.4. The Bertz CT molecular complexity index is 540. The Labute approximate surface area is 125 Å². The topological polar surface area (TPSA) is 50.7 Å². The first-order valence-electron chi connectivity index (χ1n) is 6.97. The lowest BCUT2D eigenvalue weighted by molar-refractivity contribution is 0.199. The first-order chi connectivity index (χ1) is 10.3. The molecule has 0 radical (unpaired) electrons. The minimum atomic E-state index is 0.258. The summed E-state index contributed by atoms with van der Waals surface area (Å²) in [6.07, 6.45) is 0. The van der Waals surface area contributed by atoms with Gasteiger partial charge >= 0.3 is 0 Å². The Hall–Kier alpha value is -2.04. The van der Waals surface area contributed by atoms with Crippen LogP contribution in [0.2, 0.25) is 0 Å². The van der Waals surface area contributed by atoms with Crippen LogP contribution >= 0.6 is 0 Å². The van der Waals surface area contributed by atoms with E-state index in [1.807, 2.05) is 36.4 Å². The van der Waals surface area contributed by atoms with E-state index in [1.54, 1.807) is 19.2 Å². The van der Waals surface area contributed by atoms with Crippen LogP contribution in [0.15, 0.2) is 48.5 Å². The molecule has 0 bridgehead atoms. The van der Waals surface area contributed by atoms with Crippen LogP contribution in [0, 0.1) is 0 Å². The lowest BCUT2D eigenvalue weighted by Crippen LogP contribution is -2.18. The highest BCUT2D eigenvalue weighted by atomic mass is 16.5. The molecule has 0 heterocycles. The van der Waals surface area contributed by atoms with Crippen molar-refractivity contribution in [3.05, 3.63) is 59.7 Å².